The molecule has 0 aromatic carbocycles. The summed E-state index contributed by atoms with van der Waals surface area (Å²) in [6.07, 6.45) is 4.06. The van der Waals surface area contributed by atoms with Gasteiger partial charge in [0, 0.05) is 24.2 Å². The summed E-state index contributed by atoms with van der Waals surface area (Å²) in [6.45, 7) is 8.43. The molecule has 1 atom stereocenters. The van der Waals surface area contributed by atoms with Gasteiger partial charge < -0.3 is 10.5 Å². The molecule has 0 aliphatic carbocycles. The summed E-state index contributed by atoms with van der Waals surface area (Å²) in [5.41, 5.74) is 6.28. The van der Waals surface area contributed by atoms with Crippen LogP contribution in [0.4, 0.5) is 0 Å². The molecule has 0 saturated carbocycles. The molecule has 0 saturated heterocycles. The number of aromatic nitrogens is 1. The Hall–Kier alpha value is -1.42. The van der Waals surface area contributed by atoms with Crippen LogP contribution in [0.25, 0.3) is 0 Å². The molecule has 0 amide bonds. The Morgan fingerprint density at radius 2 is 2.00 bits per heavy atom. The maximum atomic E-state index is 12.4. The van der Waals surface area contributed by atoms with Crippen molar-refractivity contribution in [2.45, 2.75) is 40.2 Å². The second-order valence-corrected chi connectivity index (χ2v) is 5.50. The molecule has 2 N–H and O–H groups in total. The van der Waals surface area contributed by atoms with Crippen molar-refractivity contribution in [2.24, 2.45) is 17.6 Å². The van der Waals surface area contributed by atoms with E-state index in [1.165, 1.54) is 0 Å². The van der Waals surface area contributed by atoms with Gasteiger partial charge in [0.1, 0.15) is 5.75 Å². The zero-order chi connectivity index (χ0) is 14.4. The van der Waals surface area contributed by atoms with Crippen molar-refractivity contribution in [3.8, 4) is 5.75 Å². The highest BCUT2D eigenvalue weighted by Gasteiger charge is 2.20. The van der Waals surface area contributed by atoms with Crippen LogP contribution in [0.3, 0.4) is 0 Å². The number of Topliss-reactive ketones (excluding diaryl/α,β-unsaturated/α-hetero) is 1. The van der Waals surface area contributed by atoms with Gasteiger partial charge in [-0.2, -0.15) is 0 Å². The third kappa shape index (κ3) is 4.99. The van der Waals surface area contributed by atoms with Crippen molar-refractivity contribution in [3.05, 3.63) is 24.0 Å². The summed E-state index contributed by atoms with van der Waals surface area (Å²) in [5.74, 6) is 0.982. The number of nitrogens with zero attached hydrogens (tertiary/aromatic N) is 1. The van der Waals surface area contributed by atoms with E-state index in [1.54, 1.807) is 18.5 Å². The van der Waals surface area contributed by atoms with Gasteiger partial charge in [0.15, 0.2) is 5.78 Å². The molecule has 4 nitrogen and oxygen atoms in total. The van der Waals surface area contributed by atoms with E-state index >= 15 is 0 Å². The van der Waals surface area contributed by atoms with Gasteiger partial charge in [-0.05, 0) is 32.3 Å². The number of hydrogen-bond acceptors (Lipinski definition) is 4. The second-order valence-electron chi connectivity index (χ2n) is 5.50. The molecule has 0 radical (unpaired) electrons. The molecule has 0 fully saturated rings. The van der Waals surface area contributed by atoms with Crippen LogP contribution in [0, 0.1) is 11.8 Å². The topological polar surface area (TPSA) is 65.2 Å². The van der Waals surface area contributed by atoms with E-state index in [9.17, 15) is 4.79 Å². The number of rotatable bonds is 7. The van der Waals surface area contributed by atoms with Crippen LogP contribution in [0.1, 0.15) is 44.5 Å². The fourth-order valence-corrected chi connectivity index (χ4v) is 2.01. The Bertz CT molecular complexity index is 416. The minimum absolute atomic E-state index is 0.0536. The summed E-state index contributed by atoms with van der Waals surface area (Å²) in [6, 6.07) is 1.75. The van der Waals surface area contributed by atoms with Gasteiger partial charge >= 0.3 is 0 Å². The number of hydrogen-bond donors (Lipinski definition) is 1. The van der Waals surface area contributed by atoms with Gasteiger partial charge in [-0.1, -0.05) is 13.8 Å². The number of ether oxygens (including phenoxy) is 1. The van der Waals surface area contributed by atoms with Gasteiger partial charge in [0.05, 0.1) is 12.3 Å². The lowest BCUT2D eigenvalue weighted by Crippen LogP contribution is -2.25. The molecule has 0 spiro atoms. The highest BCUT2D eigenvalue weighted by atomic mass is 16.5. The zero-order valence-electron chi connectivity index (χ0n) is 12.2. The zero-order valence-corrected chi connectivity index (χ0v) is 12.2. The summed E-state index contributed by atoms with van der Waals surface area (Å²) in [5, 5.41) is 0. The number of carbonyl (C=O) groups is 1. The molecule has 1 heterocycles. The van der Waals surface area contributed by atoms with Crippen molar-refractivity contribution >= 4 is 5.78 Å². The van der Waals surface area contributed by atoms with E-state index in [4.69, 9.17) is 10.5 Å². The Morgan fingerprint density at radius 3 is 2.53 bits per heavy atom. The molecular formula is C15H24N2O2. The molecule has 0 aliphatic rings. The standard InChI is InChI=1S/C15H24N2O2/c1-10(2)5-12(7-16)15(18)13-6-14(9-17-8-13)19-11(3)4/h6,8-12H,5,7,16H2,1-4H3. The number of nitrogens with two attached hydrogens (primary N) is 1. The quantitative estimate of drug-likeness (QED) is 0.769. The van der Waals surface area contributed by atoms with Crippen molar-refractivity contribution in [2.75, 3.05) is 6.54 Å². The molecule has 1 rings (SSSR count). The van der Waals surface area contributed by atoms with Crippen LogP contribution in [0.2, 0.25) is 0 Å². The van der Waals surface area contributed by atoms with Gasteiger partial charge in [0.25, 0.3) is 0 Å². The molecule has 19 heavy (non-hydrogen) atoms. The van der Waals surface area contributed by atoms with Gasteiger partial charge in [-0.3, -0.25) is 9.78 Å². The van der Waals surface area contributed by atoms with Crippen LogP contribution >= 0.6 is 0 Å². The van der Waals surface area contributed by atoms with Gasteiger partial charge in [0.2, 0.25) is 0 Å². The predicted octanol–water partition coefficient (Wildman–Crippen LogP) is 2.67. The smallest absolute Gasteiger partial charge is 0.168 e. The highest BCUT2D eigenvalue weighted by Crippen LogP contribution is 2.19. The summed E-state index contributed by atoms with van der Waals surface area (Å²) < 4.78 is 5.55. The molecule has 1 aromatic heterocycles. The lowest BCUT2D eigenvalue weighted by Gasteiger charge is -2.16. The number of carbonyl (C=O) groups excluding carboxylic acids is 1. The third-order valence-corrected chi connectivity index (χ3v) is 2.78. The molecule has 0 aliphatic heterocycles. The molecular weight excluding hydrogens is 240 g/mol. The van der Waals surface area contributed by atoms with E-state index < -0.39 is 0 Å². The first-order valence-electron chi connectivity index (χ1n) is 6.80. The van der Waals surface area contributed by atoms with Crippen LogP contribution in [0.15, 0.2) is 18.5 Å². The summed E-state index contributed by atoms with van der Waals surface area (Å²) >= 11 is 0. The average molecular weight is 264 g/mol. The van der Waals surface area contributed by atoms with Crippen molar-refractivity contribution in [1.29, 1.82) is 0 Å². The normalized spacial score (nSPS) is 12.8. The summed E-state index contributed by atoms with van der Waals surface area (Å²) in [4.78, 5) is 16.4. The Morgan fingerprint density at radius 1 is 1.32 bits per heavy atom. The van der Waals surface area contributed by atoms with E-state index in [-0.39, 0.29) is 17.8 Å². The first-order valence-corrected chi connectivity index (χ1v) is 6.80. The first-order chi connectivity index (χ1) is 8.93. The van der Waals surface area contributed by atoms with Crippen LogP contribution < -0.4 is 10.5 Å². The Kier molecular flexibility index (Phi) is 5.96. The van der Waals surface area contributed by atoms with E-state index in [2.05, 4.69) is 18.8 Å². The lowest BCUT2D eigenvalue weighted by molar-refractivity contribution is 0.0907. The Balaban J connectivity index is 2.85. The second kappa shape index (κ2) is 7.24. The SMILES string of the molecule is CC(C)CC(CN)C(=O)c1cncc(OC(C)C)c1. The van der Waals surface area contributed by atoms with E-state index in [0.717, 1.165) is 6.42 Å². The monoisotopic (exact) mass is 264 g/mol. The van der Waals surface area contributed by atoms with Gasteiger partial charge in [-0.15, -0.1) is 0 Å². The third-order valence-electron chi connectivity index (χ3n) is 2.78. The van der Waals surface area contributed by atoms with Crippen LogP contribution in [0.5, 0.6) is 5.75 Å². The number of ketones is 1. The molecule has 4 heteroatoms. The maximum absolute atomic E-state index is 12.4. The maximum Gasteiger partial charge on any atom is 0.168 e. The molecule has 1 unspecified atom stereocenters. The molecule has 1 aromatic rings. The van der Waals surface area contributed by atoms with E-state index in [1.807, 2.05) is 13.8 Å². The molecule has 0 bridgehead atoms. The summed E-state index contributed by atoms with van der Waals surface area (Å²) in [7, 11) is 0. The molecule has 106 valence electrons. The van der Waals surface area contributed by atoms with Crippen molar-refractivity contribution in [3.63, 3.8) is 0 Å². The number of pyridine rings is 1. The van der Waals surface area contributed by atoms with Crippen LogP contribution in [-0.4, -0.2) is 23.4 Å². The lowest BCUT2D eigenvalue weighted by atomic mass is 9.90. The van der Waals surface area contributed by atoms with Crippen molar-refractivity contribution in [1.82, 2.24) is 4.98 Å². The van der Waals surface area contributed by atoms with Crippen LogP contribution in [-0.2, 0) is 0 Å². The highest BCUT2D eigenvalue weighted by molar-refractivity contribution is 5.98. The Labute approximate surface area is 115 Å². The van der Waals surface area contributed by atoms with Gasteiger partial charge in [-0.25, -0.2) is 0 Å². The predicted molar refractivity (Wildman–Crippen MR) is 76.3 cm³/mol. The minimum atomic E-state index is -0.143. The average Bonchev–Trinajstić information content (AvgIpc) is 2.34. The van der Waals surface area contributed by atoms with E-state index in [0.29, 0.717) is 23.8 Å². The largest absolute Gasteiger partial charge is 0.489 e. The first kappa shape index (κ1) is 15.6. The fraction of sp³-hybridized carbons (Fsp3) is 0.600. The fourth-order valence-electron chi connectivity index (χ4n) is 2.01. The minimum Gasteiger partial charge on any atom is -0.489 e. The van der Waals surface area contributed by atoms with Crippen molar-refractivity contribution < 1.29 is 9.53 Å².